The van der Waals surface area contributed by atoms with Crippen molar-refractivity contribution in [3.63, 3.8) is 0 Å². The van der Waals surface area contributed by atoms with Crippen molar-refractivity contribution < 1.29 is 20.8 Å². The molecule has 4 heteroatoms. The first-order chi connectivity index (χ1) is 14.6. The van der Waals surface area contributed by atoms with Crippen LogP contribution in [0.25, 0.3) is 33.0 Å². The predicted octanol–water partition coefficient (Wildman–Crippen LogP) is 9.18. The van der Waals surface area contributed by atoms with Crippen molar-refractivity contribution >= 4 is 37.3 Å². The van der Waals surface area contributed by atoms with E-state index in [4.69, 9.17) is 17.0 Å². The Hall–Kier alpha value is -1.05. The average Bonchev–Trinajstić information content (AvgIpc) is 3.20. The Morgan fingerprint density at radius 1 is 0.767 bits per heavy atom. The molecule has 2 radical (unpaired) electrons. The number of hydrogen-bond acceptors (Lipinski definition) is 0. The first kappa shape index (κ1) is 25.2. The van der Waals surface area contributed by atoms with Crippen LogP contribution in [0.5, 0.6) is 0 Å². The molecule has 0 saturated carbocycles. The molecule has 0 aliphatic heterocycles. The molecule has 0 aromatic heterocycles. The number of fused-ring (bicyclic) bond motifs is 1. The van der Waals surface area contributed by atoms with Crippen LogP contribution in [-0.4, -0.2) is 9.52 Å². The van der Waals surface area contributed by atoms with E-state index in [-0.39, 0.29) is 0 Å². The maximum absolute atomic E-state index is 4.93. The summed E-state index contributed by atoms with van der Waals surface area (Å²) in [7, 11) is 11.0. The number of benzene rings is 3. The van der Waals surface area contributed by atoms with Crippen molar-refractivity contribution in [3.8, 4) is 22.3 Å². The van der Waals surface area contributed by atoms with Crippen molar-refractivity contribution in [2.45, 2.75) is 32.9 Å². The van der Waals surface area contributed by atoms with Gasteiger partial charge in [-0.15, -0.1) is 34.5 Å². The topological polar surface area (TPSA) is 0 Å². The van der Waals surface area contributed by atoms with Gasteiger partial charge >= 0.3 is 37.9 Å². The van der Waals surface area contributed by atoms with E-state index in [0.717, 1.165) is 9.52 Å². The molecule has 0 amide bonds. The SMILES string of the molecule is CC(C)c1cc2c(-c3ccccc3-c3ccccc3)cccc2[cH-]1.C[Si]C.[Cl][Zr][Cl]. The summed E-state index contributed by atoms with van der Waals surface area (Å²) in [5.41, 5.74) is 6.59. The second-order valence-electron chi connectivity index (χ2n) is 7.23. The van der Waals surface area contributed by atoms with E-state index in [9.17, 15) is 0 Å². The fourth-order valence-corrected chi connectivity index (χ4v) is 3.41. The van der Waals surface area contributed by atoms with Crippen LogP contribution in [0.2, 0.25) is 13.1 Å². The number of rotatable bonds is 3. The molecule has 0 heterocycles. The monoisotopic (exact) mass is 527 g/mol. The zero-order chi connectivity index (χ0) is 21.9. The first-order valence-corrected chi connectivity index (χ1v) is 18.3. The molecule has 0 fully saturated rings. The molecule has 0 spiro atoms. The quantitative estimate of drug-likeness (QED) is 0.183. The van der Waals surface area contributed by atoms with Gasteiger partial charge in [0.1, 0.15) is 0 Å². The van der Waals surface area contributed by atoms with Crippen molar-refractivity contribution in [1.29, 1.82) is 0 Å². The van der Waals surface area contributed by atoms with E-state index < -0.39 is 20.8 Å². The van der Waals surface area contributed by atoms with Crippen LogP contribution in [0.15, 0.2) is 84.9 Å². The van der Waals surface area contributed by atoms with Crippen LogP contribution in [-0.2, 0) is 20.8 Å². The maximum atomic E-state index is 4.93. The van der Waals surface area contributed by atoms with Crippen LogP contribution in [0.4, 0.5) is 0 Å². The fraction of sp³-hybridized carbons (Fsp3) is 0.192. The van der Waals surface area contributed by atoms with E-state index in [1.54, 1.807) is 0 Å². The molecule has 4 aromatic carbocycles. The van der Waals surface area contributed by atoms with E-state index in [0.29, 0.717) is 5.92 Å². The van der Waals surface area contributed by atoms with Crippen molar-refractivity contribution in [1.82, 2.24) is 0 Å². The Morgan fingerprint density at radius 3 is 1.90 bits per heavy atom. The van der Waals surface area contributed by atoms with Gasteiger partial charge < -0.3 is 0 Å². The summed E-state index contributed by atoms with van der Waals surface area (Å²) >= 11 is -0.826. The third-order valence-corrected chi connectivity index (χ3v) is 4.74. The molecule has 0 nitrogen and oxygen atoms in total. The van der Waals surface area contributed by atoms with Crippen molar-refractivity contribution in [3.05, 3.63) is 90.5 Å². The third-order valence-electron chi connectivity index (χ3n) is 4.74. The zero-order valence-corrected chi connectivity index (χ0v) is 22.9. The second-order valence-corrected chi connectivity index (χ2v) is 12.0. The molecule has 0 saturated heterocycles. The Balaban J connectivity index is 0.000000480. The molecule has 4 aromatic rings. The zero-order valence-electron chi connectivity index (χ0n) is 17.9. The summed E-state index contributed by atoms with van der Waals surface area (Å²) < 4.78 is 0. The van der Waals surface area contributed by atoms with Crippen LogP contribution < -0.4 is 0 Å². The Morgan fingerprint density at radius 2 is 1.30 bits per heavy atom. The van der Waals surface area contributed by atoms with Gasteiger partial charge in [0.25, 0.3) is 0 Å². The molecule has 30 heavy (non-hydrogen) atoms. The predicted molar refractivity (Wildman–Crippen MR) is 134 cm³/mol. The van der Waals surface area contributed by atoms with Gasteiger partial charge in [-0.25, -0.2) is 0 Å². The Labute approximate surface area is 202 Å². The molecule has 4 rings (SSSR count). The van der Waals surface area contributed by atoms with Gasteiger partial charge in [-0.3, -0.25) is 0 Å². The fourth-order valence-electron chi connectivity index (χ4n) is 3.41. The first-order valence-electron chi connectivity index (χ1n) is 9.96. The molecule has 0 aliphatic rings. The van der Waals surface area contributed by atoms with Gasteiger partial charge in [0.15, 0.2) is 0 Å². The van der Waals surface area contributed by atoms with E-state index in [1.165, 1.54) is 38.6 Å². The summed E-state index contributed by atoms with van der Waals surface area (Å²) in [5.74, 6) is 0.551. The van der Waals surface area contributed by atoms with Gasteiger partial charge in [-0.2, -0.15) is 6.07 Å². The van der Waals surface area contributed by atoms with E-state index in [2.05, 4.69) is 112 Å². The molecule has 0 unspecified atom stereocenters. The number of hydrogen-bond donors (Lipinski definition) is 0. The van der Waals surface area contributed by atoms with Crippen LogP contribution >= 0.6 is 17.0 Å². The average molecular weight is 530 g/mol. The summed E-state index contributed by atoms with van der Waals surface area (Å²) in [4.78, 5) is 0. The van der Waals surface area contributed by atoms with Crippen molar-refractivity contribution in [2.24, 2.45) is 0 Å². The molecule has 0 N–H and O–H groups in total. The third kappa shape index (κ3) is 6.72. The van der Waals surface area contributed by atoms with E-state index in [1.807, 2.05) is 0 Å². The van der Waals surface area contributed by atoms with Gasteiger partial charge in [0.05, 0.1) is 0 Å². The Bertz CT molecular complexity index is 1020. The molecular weight excluding hydrogens is 503 g/mol. The molecule has 0 bridgehead atoms. The van der Waals surface area contributed by atoms with Gasteiger partial charge in [-0.05, 0) is 22.6 Å². The van der Waals surface area contributed by atoms with Crippen LogP contribution in [0.3, 0.4) is 0 Å². The number of halogens is 2. The molecular formula is C26H27Cl2SiZr-. The normalized spacial score (nSPS) is 10.1. The van der Waals surface area contributed by atoms with Crippen LogP contribution in [0.1, 0.15) is 25.3 Å². The molecule has 154 valence electrons. The summed E-state index contributed by atoms with van der Waals surface area (Å²) in [5, 5.41) is 2.68. The van der Waals surface area contributed by atoms with Gasteiger partial charge in [0.2, 0.25) is 0 Å². The van der Waals surface area contributed by atoms with Crippen LogP contribution in [0, 0.1) is 0 Å². The van der Waals surface area contributed by atoms with Crippen molar-refractivity contribution in [2.75, 3.05) is 0 Å². The Kier molecular flexibility index (Phi) is 11.2. The minimum absolute atomic E-state index is 0.551. The van der Waals surface area contributed by atoms with E-state index >= 15 is 0 Å². The molecule has 0 atom stereocenters. The standard InChI is InChI=1S/C24H21.C2H6Si.2ClH.Zr/c1-17(2)20-15-19-11-8-14-23(24(19)16-20)22-13-7-6-12-21(22)18-9-4-3-5-10-18;1-3-2;;;/h3-17H,1-2H3;1-2H3;2*1H;/q-1;;;;+2/p-2. The second kappa shape index (κ2) is 13.4. The minimum atomic E-state index is -0.826. The summed E-state index contributed by atoms with van der Waals surface area (Å²) in [6.07, 6.45) is 0. The van der Waals surface area contributed by atoms with Gasteiger partial charge in [0, 0.05) is 9.52 Å². The summed E-state index contributed by atoms with van der Waals surface area (Å²) in [6, 6.07) is 30.7. The van der Waals surface area contributed by atoms with Gasteiger partial charge in [-0.1, -0.05) is 93.2 Å². The molecule has 0 aliphatic carbocycles. The summed E-state index contributed by atoms with van der Waals surface area (Å²) in [6.45, 7) is 8.82.